The molecule has 0 unspecified atom stereocenters. The molecule has 6 nitrogen and oxygen atoms in total. The van der Waals surface area contributed by atoms with Gasteiger partial charge in [-0.3, -0.25) is 0 Å². The van der Waals surface area contributed by atoms with E-state index in [1.807, 2.05) is 24.8 Å². The standard InChI is InChI=1S/C20H26N2O4S/c1-20(2)13-16(12-17(14-20)22(8-10-23)9-11-24)19(15-21)27(25,26)18-6-4-3-5-7-18/h3-7,12,23-24H,8-11,13-14H2,1-2H3/b19-16+. The first-order chi connectivity index (χ1) is 12.7. The second kappa shape index (κ2) is 8.70. The second-order valence-electron chi connectivity index (χ2n) is 7.37. The molecule has 0 aromatic heterocycles. The molecule has 1 aromatic carbocycles. The van der Waals surface area contributed by atoms with Gasteiger partial charge in [-0.1, -0.05) is 32.0 Å². The zero-order valence-corrected chi connectivity index (χ0v) is 16.5. The molecule has 2 N–H and O–H groups in total. The fraction of sp³-hybridized carbons (Fsp3) is 0.450. The van der Waals surface area contributed by atoms with Gasteiger partial charge in [-0.15, -0.1) is 0 Å². The molecule has 0 radical (unpaired) electrons. The lowest BCUT2D eigenvalue weighted by molar-refractivity contribution is 0.172. The molecule has 1 aliphatic carbocycles. The third kappa shape index (κ3) is 4.98. The maximum Gasteiger partial charge on any atom is 0.216 e. The first-order valence-electron chi connectivity index (χ1n) is 8.86. The molecular formula is C20H26N2O4S. The zero-order valence-electron chi connectivity index (χ0n) is 15.7. The van der Waals surface area contributed by atoms with Crippen molar-refractivity contribution in [3.8, 4) is 6.07 Å². The van der Waals surface area contributed by atoms with E-state index in [9.17, 15) is 23.9 Å². The van der Waals surface area contributed by atoms with Crippen LogP contribution in [0.5, 0.6) is 0 Å². The van der Waals surface area contributed by atoms with Crippen molar-refractivity contribution in [3.05, 3.63) is 52.6 Å². The largest absolute Gasteiger partial charge is 0.395 e. The summed E-state index contributed by atoms with van der Waals surface area (Å²) in [5.41, 5.74) is 1.03. The average molecular weight is 391 g/mol. The Kier molecular flexibility index (Phi) is 6.82. The topological polar surface area (TPSA) is 102 Å². The van der Waals surface area contributed by atoms with E-state index in [1.54, 1.807) is 24.3 Å². The van der Waals surface area contributed by atoms with Crippen molar-refractivity contribution >= 4 is 9.84 Å². The summed E-state index contributed by atoms with van der Waals surface area (Å²) in [7, 11) is -3.92. The molecule has 0 atom stereocenters. The summed E-state index contributed by atoms with van der Waals surface area (Å²) in [5, 5.41) is 28.3. The molecule has 27 heavy (non-hydrogen) atoms. The predicted molar refractivity (Wildman–Crippen MR) is 103 cm³/mol. The second-order valence-corrected chi connectivity index (χ2v) is 9.26. The summed E-state index contributed by atoms with van der Waals surface area (Å²) < 4.78 is 26.0. The molecule has 146 valence electrons. The molecule has 0 amide bonds. The third-order valence-corrected chi connectivity index (χ3v) is 6.31. The Bertz CT molecular complexity index is 859. The van der Waals surface area contributed by atoms with Gasteiger partial charge in [-0.05, 0) is 42.0 Å². The van der Waals surface area contributed by atoms with Gasteiger partial charge in [-0.25, -0.2) is 8.42 Å². The Balaban J connectivity index is 2.60. The van der Waals surface area contributed by atoms with Crippen LogP contribution in [0.3, 0.4) is 0 Å². The number of rotatable bonds is 7. The molecule has 0 saturated carbocycles. The average Bonchev–Trinajstić information content (AvgIpc) is 2.61. The van der Waals surface area contributed by atoms with Crippen LogP contribution in [0.2, 0.25) is 0 Å². The van der Waals surface area contributed by atoms with Gasteiger partial charge >= 0.3 is 0 Å². The number of nitriles is 1. The van der Waals surface area contributed by atoms with Crippen LogP contribution in [0.25, 0.3) is 0 Å². The van der Waals surface area contributed by atoms with Crippen molar-refractivity contribution in [1.82, 2.24) is 4.90 Å². The van der Waals surface area contributed by atoms with E-state index in [2.05, 4.69) is 0 Å². The quantitative estimate of drug-likeness (QED) is 0.692. The molecule has 1 aromatic rings. The maximum atomic E-state index is 13.0. The number of aliphatic hydroxyl groups excluding tert-OH is 2. The Hall–Kier alpha value is -2.14. The lowest BCUT2D eigenvalue weighted by Crippen LogP contribution is -2.33. The number of hydrogen-bond acceptors (Lipinski definition) is 6. The van der Waals surface area contributed by atoms with E-state index in [0.717, 1.165) is 5.70 Å². The minimum absolute atomic E-state index is 0.0791. The van der Waals surface area contributed by atoms with Crippen LogP contribution in [0.15, 0.2) is 57.5 Å². The van der Waals surface area contributed by atoms with Gasteiger partial charge in [0.05, 0.1) is 18.1 Å². The van der Waals surface area contributed by atoms with E-state index in [1.165, 1.54) is 12.1 Å². The highest BCUT2D eigenvalue weighted by molar-refractivity contribution is 7.95. The molecular weight excluding hydrogens is 364 g/mol. The molecule has 0 saturated heterocycles. The molecule has 0 fully saturated rings. The lowest BCUT2D eigenvalue weighted by Gasteiger charge is -2.37. The minimum Gasteiger partial charge on any atom is -0.395 e. The van der Waals surface area contributed by atoms with Crippen LogP contribution in [-0.2, 0) is 9.84 Å². The molecule has 0 bridgehead atoms. The van der Waals surface area contributed by atoms with Crippen molar-refractivity contribution in [3.63, 3.8) is 0 Å². The van der Waals surface area contributed by atoms with E-state index in [4.69, 9.17) is 0 Å². The molecule has 1 aliphatic rings. The summed E-state index contributed by atoms with van der Waals surface area (Å²) in [6, 6.07) is 9.84. The van der Waals surface area contributed by atoms with Gasteiger partial charge in [-0.2, -0.15) is 5.26 Å². The van der Waals surface area contributed by atoms with Gasteiger partial charge in [0.2, 0.25) is 9.84 Å². The first-order valence-corrected chi connectivity index (χ1v) is 10.3. The SMILES string of the molecule is CC1(C)CC(N(CCO)CCO)=C/C(=C(/C#N)S(=O)(=O)c2ccccc2)C1. The van der Waals surface area contributed by atoms with Crippen molar-refractivity contribution < 1.29 is 18.6 Å². The van der Waals surface area contributed by atoms with Gasteiger partial charge in [0.1, 0.15) is 6.07 Å². The van der Waals surface area contributed by atoms with Crippen LogP contribution < -0.4 is 0 Å². The number of benzene rings is 1. The van der Waals surface area contributed by atoms with Crippen LogP contribution in [0.1, 0.15) is 26.7 Å². The fourth-order valence-electron chi connectivity index (χ4n) is 3.38. The summed E-state index contributed by atoms with van der Waals surface area (Å²) in [4.78, 5) is 1.69. The van der Waals surface area contributed by atoms with Crippen LogP contribution in [-0.4, -0.2) is 49.8 Å². The maximum absolute atomic E-state index is 13.0. The molecule has 0 aliphatic heterocycles. The van der Waals surface area contributed by atoms with Crippen molar-refractivity contribution in [2.24, 2.45) is 5.41 Å². The Morgan fingerprint density at radius 2 is 1.74 bits per heavy atom. The van der Waals surface area contributed by atoms with Gasteiger partial charge in [0.25, 0.3) is 0 Å². The Labute approximate surface area is 161 Å². The number of nitrogens with zero attached hydrogens (tertiary/aromatic N) is 2. The molecule has 0 heterocycles. The van der Waals surface area contributed by atoms with Gasteiger partial charge in [0, 0.05) is 18.8 Å². The fourth-order valence-corrected chi connectivity index (χ4v) is 4.73. The number of allylic oxidation sites excluding steroid dienone is 4. The monoisotopic (exact) mass is 390 g/mol. The summed E-state index contributed by atoms with van der Waals surface area (Å²) >= 11 is 0. The van der Waals surface area contributed by atoms with Crippen LogP contribution in [0.4, 0.5) is 0 Å². The normalized spacial score (nSPS) is 18.4. The summed E-state index contributed by atoms with van der Waals surface area (Å²) in [6.07, 6.45) is 2.85. The van der Waals surface area contributed by atoms with Crippen molar-refractivity contribution in [2.75, 3.05) is 26.3 Å². The van der Waals surface area contributed by atoms with Crippen molar-refractivity contribution in [1.29, 1.82) is 5.26 Å². The minimum atomic E-state index is -3.92. The van der Waals surface area contributed by atoms with E-state index in [-0.39, 0.29) is 28.4 Å². The lowest BCUT2D eigenvalue weighted by atomic mass is 9.76. The Morgan fingerprint density at radius 3 is 2.26 bits per heavy atom. The zero-order chi connectivity index (χ0) is 20.1. The molecule has 7 heteroatoms. The van der Waals surface area contributed by atoms with E-state index >= 15 is 0 Å². The molecule has 2 rings (SSSR count). The van der Waals surface area contributed by atoms with E-state index in [0.29, 0.717) is 31.5 Å². The molecule has 0 spiro atoms. The van der Waals surface area contributed by atoms with Crippen LogP contribution in [0, 0.1) is 16.7 Å². The highest BCUT2D eigenvalue weighted by Crippen LogP contribution is 2.41. The first kappa shape index (κ1) is 21.2. The predicted octanol–water partition coefficient (Wildman–Crippen LogP) is 2.23. The highest BCUT2D eigenvalue weighted by atomic mass is 32.2. The third-order valence-electron chi connectivity index (χ3n) is 4.53. The number of hydrogen-bond donors (Lipinski definition) is 2. The smallest absolute Gasteiger partial charge is 0.216 e. The van der Waals surface area contributed by atoms with Crippen molar-refractivity contribution in [2.45, 2.75) is 31.6 Å². The van der Waals surface area contributed by atoms with Gasteiger partial charge in [0.15, 0.2) is 4.91 Å². The summed E-state index contributed by atoms with van der Waals surface area (Å²) in [5.74, 6) is 0. The number of aliphatic hydroxyl groups is 2. The van der Waals surface area contributed by atoms with E-state index < -0.39 is 9.84 Å². The van der Waals surface area contributed by atoms with Crippen LogP contribution >= 0.6 is 0 Å². The highest BCUT2D eigenvalue weighted by Gasteiger charge is 2.33. The Morgan fingerprint density at radius 1 is 1.15 bits per heavy atom. The number of sulfone groups is 1. The van der Waals surface area contributed by atoms with Gasteiger partial charge < -0.3 is 15.1 Å². The summed E-state index contributed by atoms with van der Waals surface area (Å²) in [6.45, 7) is 4.54.